The van der Waals surface area contributed by atoms with Crippen molar-refractivity contribution in [3.8, 4) is 0 Å². The topological polar surface area (TPSA) is 37.8 Å². The van der Waals surface area contributed by atoms with Crippen molar-refractivity contribution in [3.63, 3.8) is 0 Å². The molecule has 0 aliphatic carbocycles. The molecule has 1 heterocycles. The predicted octanol–water partition coefficient (Wildman–Crippen LogP) is 3.51. The molecule has 1 N–H and O–H groups in total. The van der Waals surface area contributed by atoms with E-state index < -0.39 is 0 Å². The second-order valence-corrected chi connectivity index (χ2v) is 4.71. The summed E-state index contributed by atoms with van der Waals surface area (Å²) in [5, 5.41) is 3.25. The molecule has 1 aromatic carbocycles. The van der Waals surface area contributed by atoms with E-state index in [0.29, 0.717) is 17.8 Å². The van der Waals surface area contributed by atoms with Crippen LogP contribution in [0.3, 0.4) is 0 Å². The van der Waals surface area contributed by atoms with Crippen LogP contribution in [0.2, 0.25) is 0 Å². The van der Waals surface area contributed by atoms with Crippen LogP contribution in [0.1, 0.15) is 36.5 Å². The molecule has 2 rings (SSSR count). The minimum atomic E-state index is -0.209. The zero-order valence-corrected chi connectivity index (χ0v) is 12.2. The summed E-state index contributed by atoms with van der Waals surface area (Å²) in [4.78, 5) is 9.07. The first-order valence-electron chi connectivity index (χ1n) is 6.99. The van der Waals surface area contributed by atoms with Gasteiger partial charge in [0.05, 0.1) is 0 Å². The number of nitrogens with one attached hydrogen (secondary N) is 1. The number of aromatic nitrogens is 2. The fourth-order valence-electron chi connectivity index (χ4n) is 2.19. The molecule has 0 spiro atoms. The molecule has 0 fully saturated rings. The normalized spacial score (nSPS) is 10.6. The van der Waals surface area contributed by atoms with Crippen molar-refractivity contribution in [1.29, 1.82) is 0 Å². The number of halogens is 1. The standard InChI is InChI=1S/C16H20FN3/c1-4-14-11(3)16(18-5-2)20-15(19-14)10-12-8-6-7-9-13(12)17/h6-9H,4-5,10H2,1-3H3,(H,18,19,20). The highest BCUT2D eigenvalue weighted by Crippen LogP contribution is 2.18. The van der Waals surface area contributed by atoms with E-state index in [1.54, 1.807) is 12.1 Å². The summed E-state index contributed by atoms with van der Waals surface area (Å²) < 4.78 is 13.7. The maximum Gasteiger partial charge on any atom is 0.135 e. The average molecular weight is 273 g/mol. The van der Waals surface area contributed by atoms with E-state index in [-0.39, 0.29) is 5.82 Å². The first-order chi connectivity index (χ1) is 9.65. The third-order valence-corrected chi connectivity index (χ3v) is 3.28. The summed E-state index contributed by atoms with van der Waals surface area (Å²) >= 11 is 0. The zero-order chi connectivity index (χ0) is 14.5. The number of benzene rings is 1. The maximum atomic E-state index is 13.7. The van der Waals surface area contributed by atoms with E-state index in [1.807, 2.05) is 19.9 Å². The van der Waals surface area contributed by atoms with Gasteiger partial charge in [0.2, 0.25) is 0 Å². The molecule has 1 aromatic heterocycles. The Labute approximate surface area is 119 Å². The van der Waals surface area contributed by atoms with E-state index in [0.717, 1.165) is 30.0 Å². The van der Waals surface area contributed by atoms with Crippen LogP contribution in [0.4, 0.5) is 10.2 Å². The van der Waals surface area contributed by atoms with Crippen LogP contribution in [-0.2, 0) is 12.8 Å². The number of anilines is 1. The fourth-order valence-corrected chi connectivity index (χ4v) is 2.19. The molecule has 106 valence electrons. The van der Waals surface area contributed by atoms with Gasteiger partial charge in [-0.3, -0.25) is 0 Å². The van der Waals surface area contributed by atoms with E-state index in [1.165, 1.54) is 6.07 Å². The largest absolute Gasteiger partial charge is 0.370 e. The van der Waals surface area contributed by atoms with Crippen LogP contribution in [0.25, 0.3) is 0 Å². The van der Waals surface area contributed by atoms with Crippen LogP contribution in [0.15, 0.2) is 24.3 Å². The van der Waals surface area contributed by atoms with E-state index in [4.69, 9.17) is 0 Å². The van der Waals surface area contributed by atoms with Crippen molar-refractivity contribution in [2.75, 3.05) is 11.9 Å². The minimum Gasteiger partial charge on any atom is -0.370 e. The summed E-state index contributed by atoms with van der Waals surface area (Å²) in [6.45, 7) is 6.92. The predicted molar refractivity (Wildman–Crippen MR) is 79.5 cm³/mol. The van der Waals surface area contributed by atoms with Gasteiger partial charge in [-0.15, -0.1) is 0 Å². The van der Waals surface area contributed by atoms with Crippen LogP contribution in [0, 0.1) is 12.7 Å². The smallest absolute Gasteiger partial charge is 0.135 e. The molecule has 0 radical (unpaired) electrons. The number of aryl methyl sites for hydroxylation is 1. The highest BCUT2D eigenvalue weighted by atomic mass is 19.1. The van der Waals surface area contributed by atoms with Crippen molar-refractivity contribution < 1.29 is 4.39 Å². The van der Waals surface area contributed by atoms with Crippen molar-refractivity contribution >= 4 is 5.82 Å². The Morgan fingerprint density at radius 1 is 1.15 bits per heavy atom. The van der Waals surface area contributed by atoms with Gasteiger partial charge in [-0.2, -0.15) is 0 Å². The quantitative estimate of drug-likeness (QED) is 0.906. The summed E-state index contributed by atoms with van der Waals surface area (Å²) in [6, 6.07) is 6.77. The Hall–Kier alpha value is -1.97. The van der Waals surface area contributed by atoms with Gasteiger partial charge in [0, 0.05) is 24.2 Å². The molecule has 0 unspecified atom stereocenters. The van der Waals surface area contributed by atoms with Crippen LogP contribution in [-0.4, -0.2) is 16.5 Å². The number of nitrogens with zero attached hydrogens (tertiary/aromatic N) is 2. The van der Waals surface area contributed by atoms with Crippen LogP contribution in [0.5, 0.6) is 0 Å². The highest BCUT2D eigenvalue weighted by molar-refractivity contribution is 5.46. The lowest BCUT2D eigenvalue weighted by molar-refractivity contribution is 0.612. The van der Waals surface area contributed by atoms with Gasteiger partial charge in [0.1, 0.15) is 17.5 Å². The lowest BCUT2D eigenvalue weighted by Crippen LogP contribution is -2.10. The van der Waals surface area contributed by atoms with Crippen LogP contribution < -0.4 is 5.32 Å². The molecule has 0 aliphatic rings. The van der Waals surface area contributed by atoms with Crippen molar-refractivity contribution in [2.45, 2.75) is 33.6 Å². The molecule has 0 saturated heterocycles. The van der Waals surface area contributed by atoms with Gasteiger partial charge in [-0.1, -0.05) is 25.1 Å². The van der Waals surface area contributed by atoms with Crippen molar-refractivity contribution in [1.82, 2.24) is 9.97 Å². The molecule has 4 heteroatoms. The molecule has 0 saturated carbocycles. The second kappa shape index (κ2) is 6.46. The number of hydrogen-bond donors (Lipinski definition) is 1. The van der Waals surface area contributed by atoms with Crippen molar-refractivity contribution in [2.24, 2.45) is 0 Å². The molecule has 0 bridgehead atoms. The Morgan fingerprint density at radius 3 is 2.55 bits per heavy atom. The lowest BCUT2D eigenvalue weighted by Gasteiger charge is -2.12. The molecule has 2 aromatic rings. The van der Waals surface area contributed by atoms with Gasteiger partial charge in [0.15, 0.2) is 0 Å². The fraction of sp³-hybridized carbons (Fsp3) is 0.375. The summed E-state index contributed by atoms with van der Waals surface area (Å²) in [5.41, 5.74) is 2.72. The zero-order valence-electron chi connectivity index (χ0n) is 12.2. The Kier molecular flexibility index (Phi) is 4.66. The Morgan fingerprint density at radius 2 is 1.90 bits per heavy atom. The molecule has 0 atom stereocenters. The second-order valence-electron chi connectivity index (χ2n) is 4.71. The van der Waals surface area contributed by atoms with Crippen molar-refractivity contribution in [3.05, 3.63) is 52.7 Å². The maximum absolute atomic E-state index is 13.7. The SMILES string of the molecule is CCNc1nc(Cc2ccccc2F)nc(CC)c1C. The summed E-state index contributed by atoms with van der Waals surface area (Å²) in [5.74, 6) is 1.30. The molecule has 0 amide bonds. The van der Waals surface area contributed by atoms with Crippen LogP contribution >= 0.6 is 0 Å². The molecular formula is C16H20FN3. The first-order valence-corrected chi connectivity index (χ1v) is 6.99. The van der Waals surface area contributed by atoms with Gasteiger partial charge < -0.3 is 5.32 Å². The van der Waals surface area contributed by atoms with E-state index in [2.05, 4.69) is 22.2 Å². The Balaban J connectivity index is 2.37. The first kappa shape index (κ1) is 14.4. The highest BCUT2D eigenvalue weighted by Gasteiger charge is 2.11. The number of rotatable bonds is 5. The van der Waals surface area contributed by atoms with Gasteiger partial charge >= 0.3 is 0 Å². The van der Waals surface area contributed by atoms with E-state index >= 15 is 0 Å². The van der Waals surface area contributed by atoms with Gasteiger partial charge in [-0.25, -0.2) is 14.4 Å². The Bertz CT molecular complexity index is 596. The minimum absolute atomic E-state index is 0.209. The van der Waals surface area contributed by atoms with Gasteiger partial charge in [-0.05, 0) is 31.9 Å². The molecule has 3 nitrogen and oxygen atoms in total. The molecule has 20 heavy (non-hydrogen) atoms. The summed E-state index contributed by atoms with van der Waals surface area (Å²) in [7, 11) is 0. The third-order valence-electron chi connectivity index (χ3n) is 3.28. The lowest BCUT2D eigenvalue weighted by atomic mass is 10.1. The van der Waals surface area contributed by atoms with E-state index in [9.17, 15) is 4.39 Å². The average Bonchev–Trinajstić information content (AvgIpc) is 2.45. The van der Waals surface area contributed by atoms with Gasteiger partial charge in [0.25, 0.3) is 0 Å². The third kappa shape index (κ3) is 3.13. The monoisotopic (exact) mass is 273 g/mol. The number of hydrogen-bond acceptors (Lipinski definition) is 3. The molecular weight excluding hydrogens is 253 g/mol. The molecule has 0 aliphatic heterocycles. The summed E-state index contributed by atoms with van der Waals surface area (Å²) in [6.07, 6.45) is 1.26.